The van der Waals surface area contributed by atoms with Crippen LogP contribution in [0, 0.1) is 15.3 Å². The second kappa shape index (κ2) is 3.46. The van der Waals surface area contributed by atoms with Gasteiger partial charge in [-0.25, -0.2) is 0 Å². The minimum atomic E-state index is -0.435. The van der Waals surface area contributed by atoms with Crippen molar-refractivity contribution in [3.8, 4) is 0 Å². The molecule has 66 valence electrons. The summed E-state index contributed by atoms with van der Waals surface area (Å²) in [6.07, 6.45) is 4.09. The van der Waals surface area contributed by atoms with E-state index in [4.69, 9.17) is 0 Å². The molecule has 0 amide bonds. The molecule has 0 radical (unpaired) electrons. The number of hydroxylamine groups is 2. The molecule has 1 N–H and O–H groups in total. The van der Waals surface area contributed by atoms with Gasteiger partial charge < -0.3 is 10.3 Å². The molecule has 1 rings (SSSR count). The Kier molecular flexibility index (Phi) is 2.57. The molecule has 0 spiro atoms. The van der Waals surface area contributed by atoms with Gasteiger partial charge in [0.2, 0.25) is 0 Å². The van der Waals surface area contributed by atoms with Crippen LogP contribution in [0.25, 0.3) is 0 Å². The topological polar surface area (TPSA) is 70.6 Å². The highest BCUT2D eigenvalue weighted by Gasteiger charge is 2.16. The van der Waals surface area contributed by atoms with E-state index in [1.54, 1.807) is 6.08 Å². The fraction of sp³-hybridized carbons (Fsp3) is 0.429. The molecule has 5 nitrogen and oxygen atoms in total. The first-order chi connectivity index (χ1) is 5.61. The maximum Gasteiger partial charge on any atom is 0.252 e. The summed E-state index contributed by atoms with van der Waals surface area (Å²) < 4.78 is 0. The van der Waals surface area contributed by atoms with E-state index < -0.39 is 4.92 Å². The van der Waals surface area contributed by atoms with Gasteiger partial charge in [0.05, 0.1) is 18.0 Å². The molecule has 0 heterocycles. The maximum atomic E-state index is 10.8. The quantitative estimate of drug-likeness (QED) is 0.462. The average Bonchev–Trinajstić information content (AvgIpc) is 2.04. The Morgan fingerprint density at radius 1 is 1.67 bits per heavy atom. The number of nitrogens with zero attached hydrogens (tertiary/aromatic N) is 1. The highest BCUT2D eigenvalue weighted by Crippen LogP contribution is 2.13. The maximum absolute atomic E-state index is 10.8. The van der Waals surface area contributed by atoms with Crippen LogP contribution >= 0.6 is 0 Å². The lowest BCUT2D eigenvalue weighted by atomic mass is 10.1. The zero-order valence-corrected chi connectivity index (χ0v) is 6.74. The molecule has 5 heteroatoms. The van der Waals surface area contributed by atoms with Gasteiger partial charge in [0.1, 0.15) is 5.70 Å². The van der Waals surface area contributed by atoms with E-state index in [0.29, 0.717) is 18.5 Å². The van der Waals surface area contributed by atoms with Crippen LogP contribution in [0.1, 0.15) is 12.8 Å². The molecular formula is C7H10N2O3. The molecule has 1 aliphatic rings. The van der Waals surface area contributed by atoms with Crippen LogP contribution in [0.3, 0.4) is 0 Å². The van der Waals surface area contributed by atoms with Crippen LogP contribution in [0.2, 0.25) is 0 Å². The third-order valence-corrected chi connectivity index (χ3v) is 1.73. The van der Waals surface area contributed by atoms with Crippen LogP contribution < -0.4 is 5.06 Å². The number of nitro groups is 1. The summed E-state index contributed by atoms with van der Waals surface area (Å²) in [5.41, 5.74) is 0.579. The molecule has 1 atom stereocenters. The van der Waals surface area contributed by atoms with Crippen molar-refractivity contribution in [2.75, 3.05) is 7.05 Å². The molecule has 0 fully saturated rings. The lowest BCUT2D eigenvalue weighted by Crippen LogP contribution is -3.01. The Bertz CT molecular complexity index is 255. The Morgan fingerprint density at radius 2 is 2.33 bits per heavy atom. The fourth-order valence-electron chi connectivity index (χ4n) is 1.08. The van der Waals surface area contributed by atoms with E-state index in [1.165, 1.54) is 13.1 Å². The molecular weight excluding hydrogens is 160 g/mol. The standard InChI is InChI=1S/C7H10N2O3/c1-8(10)6-3-2-4-7(5-6)9(11)12/h3,5,8H,2,4H2,1H3. The van der Waals surface area contributed by atoms with Crippen molar-refractivity contribution in [1.82, 2.24) is 0 Å². The van der Waals surface area contributed by atoms with E-state index in [9.17, 15) is 15.3 Å². The smallest absolute Gasteiger partial charge is 0.252 e. The number of hydrogen-bond acceptors (Lipinski definition) is 3. The molecule has 0 aromatic carbocycles. The summed E-state index contributed by atoms with van der Waals surface area (Å²) in [7, 11) is 1.41. The van der Waals surface area contributed by atoms with Crippen LogP contribution in [-0.2, 0) is 0 Å². The zero-order valence-electron chi connectivity index (χ0n) is 6.74. The van der Waals surface area contributed by atoms with Gasteiger partial charge in [-0.05, 0) is 12.5 Å². The molecule has 0 bridgehead atoms. The first-order valence-electron chi connectivity index (χ1n) is 3.67. The van der Waals surface area contributed by atoms with E-state index in [2.05, 4.69) is 0 Å². The lowest BCUT2D eigenvalue weighted by Gasteiger charge is -2.18. The Morgan fingerprint density at radius 3 is 2.83 bits per heavy atom. The summed E-state index contributed by atoms with van der Waals surface area (Å²) in [6, 6.07) is 0. The molecule has 1 aliphatic carbocycles. The summed E-state index contributed by atoms with van der Waals surface area (Å²) in [5.74, 6) is 0. The van der Waals surface area contributed by atoms with Crippen LogP contribution in [0.15, 0.2) is 23.5 Å². The van der Waals surface area contributed by atoms with Crippen molar-refractivity contribution in [1.29, 1.82) is 0 Å². The van der Waals surface area contributed by atoms with Crippen molar-refractivity contribution >= 4 is 0 Å². The number of quaternary nitrogens is 1. The van der Waals surface area contributed by atoms with Gasteiger partial charge in [-0.2, -0.15) is 0 Å². The monoisotopic (exact) mass is 170 g/mol. The third-order valence-electron chi connectivity index (χ3n) is 1.73. The third kappa shape index (κ3) is 1.90. The molecule has 1 unspecified atom stereocenters. The van der Waals surface area contributed by atoms with Gasteiger partial charge in [0, 0.05) is 6.42 Å². The van der Waals surface area contributed by atoms with Gasteiger partial charge in [-0.1, -0.05) is 0 Å². The normalized spacial score (nSPS) is 19.5. The van der Waals surface area contributed by atoms with Crippen molar-refractivity contribution in [2.24, 2.45) is 0 Å². The summed E-state index contributed by atoms with van der Waals surface area (Å²) in [6.45, 7) is 0. The van der Waals surface area contributed by atoms with Gasteiger partial charge >= 0.3 is 0 Å². The van der Waals surface area contributed by atoms with Crippen molar-refractivity contribution in [3.63, 3.8) is 0 Å². The summed E-state index contributed by atoms with van der Waals surface area (Å²) in [5, 5.41) is 21.0. The van der Waals surface area contributed by atoms with Crippen LogP contribution in [0.4, 0.5) is 0 Å². The minimum Gasteiger partial charge on any atom is -0.629 e. The van der Waals surface area contributed by atoms with E-state index in [0.717, 1.165) is 0 Å². The number of rotatable bonds is 2. The van der Waals surface area contributed by atoms with Crippen molar-refractivity contribution in [2.45, 2.75) is 12.8 Å². The molecule has 0 aliphatic heterocycles. The SMILES string of the molecule is C[NH+]([O-])C1=CCCC([N+](=O)[O-])=C1. The highest BCUT2D eigenvalue weighted by molar-refractivity contribution is 5.18. The minimum absolute atomic E-state index is 0.117. The molecule has 0 saturated carbocycles. The Hall–Kier alpha value is -1.20. The summed E-state index contributed by atoms with van der Waals surface area (Å²) in [4.78, 5) is 9.89. The first kappa shape index (κ1) is 8.89. The Balaban J connectivity index is 2.81. The van der Waals surface area contributed by atoms with Gasteiger partial charge in [-0.15, -0.1) is 0 Å². The molecule has 0 saturated heterocycles. The fourth-order valence-corrected chi connectivity index (χ4v) is 1.08. The zero-order chi connectivity index (χ0) is 9.14. The van der Waals surface area contributed by atoms with Gasteiger partial charge in [-0.3, -0.25) is 10.1 Å². The number of hydrogen-bond donors (Lipinski definition) is 1. The lowest BCUT2D eigenvalue weighted by molar-refractivity contribution is -0.779. The van der Waals surface area contributed by atoms with E-state index in [-0.39, 0.29) is 10.8 Å². The van der Waals surface area contributed by atoms with Crippen LogP contribution in [0.5, 0.6) is 0 Å². The van der Waals surface area contributed by atoms with E-state index in [1.807, 2.05) is 0 Å². The van der Waals surface area contributed by atoms with E-state index >= 15 is 0 Å². The van der Waals surface area contributed by atoms with Crippen molar-refractivity contribution in [3.05, 3.63) is 38.9 Å². The predicted molar refractivity (Wildman–Crippen MR) is 42.6 cm³/mol. The average molecular weight is 170 g/mol. The molecule has 0 aromatic heterocycles. The van der Waals surface area contributed by atoms with Gasteiger partial charge in [0.15, 0.2) is 0 Å². The van der Waals surface area contributed by atoms with Gasteiger partial charge in [0.25, 0.3) is 5.70 Å². The number of nitrogens with one attached hydrogen (secondary N) is 1. The number of allylic oxidation sites excluding steroid dienone is 3. The van der Waals surface area contributed by atoms with Crippen molar-refractivity contribution < 1.29 is 9.99 Å². The highest BCUT2D eigenvalue weighted by atomic mass is 16.6. The second-order valence-corrected chi connectivity index (χ2v) is 2.65. The predicted octanol–water partition coefficient (Wildman–Crippen LogP) is -0.163. The first-order valence-corrected chi connectivity index (χ1v) is 3.67. The number of likely N-dealkylation sites (N-methyl/N-ethyl adjacent to an activating group) is 1. The molecule has 0 aromatic rings. The second-order valence-electron chi connectivity index (χ2n) is 2.65. The largest absolute Gasteiger partial charge is 0.629 e. The Labute approximate surface area is 69.7 Å². The van der Waals surface area contributed by atoms with Crippen LogP contribution in [-0.4, -0.2) is 12.0 Å². The molecule has 12 heavy (non-hydrogen) atoms. The summed E-state index contributed by atoms with van der Waals surface area (Å²) >= 11 is 0.